The maximum Gasteiger partial charge on any atom is 0.198 e. The highest BCUT2D eigenvalue weighted by molar-refractivity contribution is 6.68. The van der Waals surface area contributed by atoms with Gasteiger partial charge in [0.2, 0.25) is 0 Å². The van der Waals surface area contributed by atoms with E-state index in [2.05, 4.69) is 5.32 Å². The molecule has 5 heteroatoms. The number of rotatable bonds is 4. The van der Waals surface area contributed by atoms with Crippen LogP contribution in [0.25, 0.3) is 11.0 Å². The highest BCUT2D eigenvalue weighted by Gasteiger charge is 2.37. The first-order valence-corrected chi connectivity index (χ1v) is 7.34. The summed E-state index contributed by atoms with van der Waals surface area (Å²) in [7, 11) is 0. The summed E-state index contributed by atoms with van der Waals surface area (Å²) in [5, 5.41) is 4.35. The zero-order valence-electron chi connectivity index (χ0n) is 10.8. The van der Waals surface area contributed by atoms with E-state index >= 15 is 0 Å². The predicted molar refractivity (Wildman–Crippen MR) is 82.4 cm³/mol. The van der Waals surface area contributed by atoms with Crippen molar-refractivity contribution in [2.75, 3.05) is 6.54 Å². The molecule has 2 aromatic rings. The van der Waals surface area contributed by atoms with E-state index in [4.69, 9.17) is 39.2 Å². The summed E-state index contributed by atoms with van der Waals surface area (Å²) in [6.07, 6.45) is 1.66. The standard InChI is InChI=1S/C14H16Cl3NO/c1-3-18-9(2)13(14(15,16)17)11-5-4-10-6-7-19-12(10)8-11/h4-9,13,18H,3H2,1-2H3. The van der Waals surface area contributed by atoms with Crippen LogP contribution in [0.2, 0.25) is 0 Å². The first-order valence-electron chi connectivity index (χ1n) is 6.20. The normalized spacial score (nSPS) is 15.6. The van der Waals surface area contributed by atoms with E-state index in [1.165, 1.54) is 0 Å². The van der Waals surface area contributed by atoms with Gasteiger partial charge in [0.25, 0.3) is 0 Å². The number of likely N-dealkylation sites (N-methyl/N-ethyl adjacent to an activating group) is 1. The number of benzene rings is 1. The molecular weight excluding hydrogens is 305 g/mol. The number of alkyl halides is 3. The van der Waals surface area contributed by atoms with Crippen LogP contribution in [0.5, 0.6) is 0 Å². The quantitative estimate of drug-likeness (QED) is 0.812. The summed E-state index contributed by atoms with van der Waals surface area (Å²) in [6, 6.07) is 7.87. The monoisotopic (exact) mass is 319 g/mol. The minimum Gasteiger partial charge on any atom is -0.464 e. The van der Waals surface area contributed by atoms with E-state index in [-0.39, 0.29) is 12.0 Å². The van der Waals surface area contributed by atoms with Gasteiger partial charge in [-0.2, -0.15) is 0 Å². The third kappa shape index (κ3) is 3.38. The average molecular weight is 321 g/mol. The molecule has 0 spiro atoms. The van der Waals surface area contributed by atoms with Crippen molar-refractivity contribution in [2.45, 2.75) is 29.6 Å². The molecule has 2 unspecified atom stereocenters. The number of hydrogen-bond acceptors (Lipinski definition) is 2. The summed E-state index contributed by atoms with van der Waals surface area (Å²) in [6.45, 7) is 4.87. The van der Waals surface area contributed by atoms with Crippen LogP contribution < -0.4 is 5.32 Å². The van der Waals surface area contributed by atoms with Gasteiger partial charge in [-0.3, -0.25) is 0 Å². The molecule has 0 aliphatic carbocycles. The SMILES string of the molecule is CCNC(C)C(c1ccc2ccoc2c1)C(Cl)(Cl)Cl. The lowest BCUT2D eigenvalue weighted by atomic mass is 9.93. The van der Waals surface area contributed by atoms with E-state index in [0.29, 0.717) is 0 Å². The van der Waals surface area contributed by atoms with Crippen molar-refractivity contribution in [3.8, 4) is 0 Å². The third-order valence-electron chi connectivity index (χ3n) is 3.22. The van der Waals surface area contributed by atoms with Crippen LogP contribution in [0, 0.1) is 0 Å². The Balaban J connectivity index is 2.41. The Bertz CT molecular complexity index is 547. The van der Waals surface area contributed by atoms with Crippen molar-refractivity contribution >= 4 is 45.8 Å². The van der Waals surface area contributed by atoms with Crippen molar-refractivity contribution in [1.82, 2.24) is 5.32 Å². The summed E-state index contributed by atoms with van der Waals surface area (Å²) in [5.41, 5.74) is 1.76. The molecule has 0 aliphatic rings. The molecular formula is C14H16Cl3NO. The van der Waals surface area contributed by atoms with Crippen molar-refractivity contribution in [1.29, 1.82) is 0 Å². The molecule has 104 valence electrons. The number of hydrogen-bond donors (Lipinski definition) is 1. The number of halogens is 3. The van der Waals surface area contributed by atoms with E-state index in [1.54, 1.807) is 6.26 Å². The van der Waals surface area contributed by atoms with Gasteiger partial charge >= 0.3 is 0 Å². The lowest BCUT2D eigenvalue weighted by molar-refractivity contribution is 0.474. The van der Waals surface area contributed by atoms with E-state index in [9.17, 15) is 0 Å². The highest BCUT2D eigenvalue weighted by atomic mass is 35.6. The largest absolute Gasteiger partial charge is 0.464 e. The lowest BCUT2D eigenvalue weighted by Gasteiger charge is -2.31. The fraction of sp³-hybridized carbons (Fsp3) is 0.429. The van der Waals surface area contributed by atoms with Gasteiger partial charge in [0, 0.05) is 17.3 Å². The molecule has 0 aliphatic heterocycles. The Labute approximate surface area is 128 Å². The summed E-state index contributed by atoms with van der Waals surface area (Å²) >= 11 is 18.4. The van der Waals surface area contributed by atoms with Crippen molar-refractivity contribution < 1.29 is 4.42 Å². The molecule has 2 nitrogen and oxygen atoms in total. The predicted octanol–water partition coefficient (Wildman–Crippen LogP) is 4.88. The van der Waals surface area contributed by atoms with Gasteiger partial charge in [0.1, 0.15) is 5.58 Å². The second-order valence-electron chi connectivity index (χ2n) is 4.58. The van der Waals surface area contributed by atoms with Gasteiger partial charge in [-0.15, -0.1) is 0 Å². The molecule has 2 atom stereocenters. The maximum atomic E-state index is 6.15. The summed E-state index contributed by atoms with van der Waals surface area (Å²) < 4.78 is 4.04. The van der Waals surface area contributed by atoms with Crippen molar-refractivity contribution in [3.63, 3.8) is 0 Å². The van der Waals surface area contributed by atoms with E-state index in [1.807, 2.05) is 38.1 Å². The van der Waals surface area contributed by atoms with E-state index < -0.39 is 3.79 Å². The van der Waals surface area contributed by atoms with Crippen LogP contribution in [-0.4, -0.2) is 16.4 Å². The highest BCUT2D eigenvalue weighted by Crippen LogP contribution is 2.44. The third-order valence-corrected chi connectivity index (χ3v) is 3.92. The van der Waals surface area contributed by atoms with Gasteiger partial charge in [-0.1, -0.05) is 53.9 Å². The molecule has 0 saturated heterocycles. The van der Waals surface area contributed by atoms with Gasteiger partial charge in [-0.25, -0.2) is 0 Å². The summed E-state index contributed by atoms with van der Waals surface area (Å²) in [4.78, 5) is 0. The second-order valence-corrected chi connectivity index (χ2v) is 6.95. The van der Waals surface area contributed by atoms with Gasteiger partial charge in [0.05, 0.1) is 6.26 Å². The minimum absolute atomic E-state index is 0.0462. The summed E-state index contributed by atoms with van der Waals surface area (Å²) in [5.74, 6) is -0.244. The molecule has 1 heterocycles. The molecule has 1 aromatic carbocycles. The Morgan fingerprint density at radius 2 is 2.00 bits per heavy atom. The molecule has 19 heavy (non-hydrogen) atoms. The number of furan rings is 1. The van der Waals surface area contributed by atoms with Crippen LogP contribution in [0.15, 0.2) is 34.9 Å². The zero-order chi connectivity index (χ0) is 14.0. The Morgan fingerprint density at radius 1 is 1.26 bits per heavy atom. The Kier molecular flexibility index (Phi) is 4.67. The van der Waals surface area contributed by atoms with Gasteiger partial charge in [0.15, 0.2) is 3.79 Å². The molecule has 1 aromatic heterocycles. The molecule has 0 amide bonds. The zero-order valence-corrected chi connectivity index (χ0v) is 13.1. The second kappa shape index (κ2) is 5.92. The van der Waals surface area contributed by atoms with Crippen molar-refractivity contribution in [3.05, 3.63) is 36.1 Å². The van der Waals surface area contributed by atoms with Crippen LogP contribution >= 0.6 is 34.8 Å². The molecule has 0 fully saturated rings. The topological polar surface area (TPSA) is 25.2 Å². The fourth-order valence-corrected chi connectivity index (χ4v) is 3.31. The smallest absolute Gasteiger partial charge is 0.198 e. The first-order chi connectivity index (χ1) is 8.93. The van der Waals surface area contributed by atoms with Crippen LogP contribution in [0.3, 0.4) is 0 Å². The van der Waals surface area contributed by atoms with E-state index in [0.717, 1.165) is 23.1 Å². The maximum absolute atomic E-state index is 6.15. The van der Waals surface area contributed by atoms with Gasteiger partial charge in [-0.05, 0) is 31.2 Å². The van der Waals surface area contributed by atoms with Crippen LogP contribution in [0.1, 0.15) is 25.3 Å². The first kappa shape index (κ1) is 15.0. The Morgan fingerprint density at radius 3 is 2.63 bits per heavy atom. The number of fused-ring (bicyclic) bond motifs is 1. The molecule has 0 saturated carbocycles. The van der Waals surface area contributed by atoms with Crippen LogP contribution in [0.4, 0.5) is 0 Å². The van der Waals surface area contributed by atoms with Crippen LogP contribution in [-0.2, 0) is 0 Å². The fourth-order valence-electron chi connectivity index (χ4n) is 2.37. The Hall–Kier alpha value is -0.410. The van der Waals surface area contributed by atoms with Gasteiger partial charge < -0.3 is 9.73 Å². The minimum atomic E-state index is -1.37. The van der Waals surface area contributed by atoms with Crippen molar-refractivity contribution in [2.24, 2.45) is 0 Å². The lowest BCUT2D eigenvalue weighted by Crippen LogP contribution is -2.38. The molecule has 0 bridgehead atoms. The molecule has 1 N–H and O–H groups in total. The number of nitrogens with one attached hydrogen (secondary N) is 1. The molecule has 0 radical (unpaired) electrons. The average Bonchev–Trinajstić information content (AvgIpc) is 2.74. The molecule has 2 rings (SSSR count).